The van der Waals surface area contributed by atoms with Crippen molar-refractivity contribution in [1.29, 1.82) is 0 Å². The first-order chi connectivity index (χ1) is 8.20. The van der Waals surface area contributed by atoms with Crippen LogP contribution in [0.2, 0.25) is 0 Å². The highest BCUT2D eigenvalue weighted by Crippen LogP contribution is 2.23. The second kappa shape index (κ2) is 5.05. The van der Waals surface area contributed by atoms with Crippen molar-refractivity contribution in [1.82, 2.24) is 0 Å². The number of carbonyl (C=O) groups is 1. The molecule has 0 bridgehead atoms. The van der Waals surface area contributed by atoms with Gasteiger partial charge in [-0.2, -0.15) is 0 Å². The molecule has 5 heteroatoms. The highest BCUT2D eigenvalue weighted by atomic mass is 16.6. The van der Waals surface area contributed by atoms with E-state index in [1.165, 1.54) is 0 Å². The largest absolute Gasteiger partial charge is 0.492 e. The fourth-order valence-corrected chi connectivity index (χ4v) is 1.46. The van der Waals surface area contributed by atoms with Gasteiger partial charge in [0.05, 0.1) is 31.1 Å². The Morgan fingerprint density at radius 1 is 1.53 bits per heavy atom. The van der Waals surface area contributed by atoms with Gasteiger partial charge in [-0.1, -0.05) is 0 Å². The summed E-state index contributed by atoms with van der Waals surface area (Å²) in [6.07, 6.45) is -0.129. The summed E-state index contributed by atoms with van der Waals surface area (Å²) in [5, 5.41) is 0. The maximum Gasteiger partial charge on any atom is 0.338 e. The summed E-state index contributed by atoms with van der Waals surface area (Å²) >= 11 is 0. The highest BCUT2D eigenvalue weighted by Gasteiger charge is 2.23. The average Bonchev–Trinajstić information content (AvgIpc) is 2.26. The molecule has 1 aliphatic rings. The minimum Gasteiger partial charge on any atom is -0.492 e. The lowest BCUT2D eigenvalue weighted by Crippen LogP contribution is -2.37. The third-order valence-corrected chi connectivity index (χ3v) is 2.43. The molecule has 0 atom stereocenters. The first kappa shape index (κ1) is 11.7. The van der Waals surface area contributed by atoms with Gasteiger partial charge in [0.1, 0.15) is 11.9 Å². The third kappa shape index (κ3) is 2.68. The van der Waals surface area contributed by atoms with Crippen LogP contribution in [0, 0.1) is 0 Å². The Labute approximate surface area is 99.5 Å². The predicted octanol–water partition coefficient (Wildman–Crippen LogP) is 1.22. The van der Waals surface area contributed by atoms with Gasteiger partial charge in [-0.25, -0.2) is 4.79 Å². The Balaban J connectivity index is 2.04. The van der Waals surface area contributed by atoms with Gasteiger partial charge in [0.2, 0.25) is 0 Å². The molecule has 0 amide bonds. The molecule has 0 saturated carbocycles. The van der Waals surface area contributed by atoms with Gasteiger partial charge >= 0.3 is 5.97 Å². The van der Waals surface area contributed by atoms with Crippen LogP contribution in [-0.4, -0.2) is 31.9 Å². The minimum absolute atomic E-state index is 0.129. The SMILES string of the molecule is CCOc1ccc(C(=O)OC2COC2)cc1N. The highest BCUT2D eigenvalue weighted by molar-refractivity contribution is 5.91. The zero-order valence-electron chi connectivity index (χ0n) is 9.64. The molecule has 2 rings (SSSR count). The summed E-state index contributed by atoms with van der Waals surface area (Å²) in [6, 6.07) is 4.88. The van der Waals surface area contributed by atoms with Crippen molar-refractivity contribution in [3.05, 3.63) is 23.8 Å². The van der Waals surface area contributed by atoms with Gasteiger partial charge < -0.3 is 19.9 Å². The zero-order chi connectivity index (χ0) is 12.3. The third-order valence-electron chi connectivity index (χ3n) is 2.43. The van der Waals surface area contributed by atoms with Crippen LogP contribution in [0.1, 0.15) is 17.3 Å². The molecule has 92 valence electrons. The van der Waals surface area contributed by atoms with E-state index in [4.69, 9.17) is 19.9 Å². The molecule has 0 spiro atoms. The Morgan fingerprint density at radius 3 is 2.82 bits per heavy atom. The first-order valence-corrected chi connectivity index (χ1v) is 5.51. The Hall–Kier alpha value is -1.75. The van der Waals surface area contributed by atoms with E-state index < -0.39 is 0 Å². The van der Waals surface area contributed by atoms with Crippen molar-refractivity contribution in [2.75, 3.05) is 25.6 Å². The lowest BCUT2D eigenvalue weighted by atomic mass is 10.2. The quantitative estimate of drug-likeness (QED) is 0.629. The number of rotatable bonds is 4. The smallest absolute Gasteiger partial charge is 0.338 e. The first-order valence-electron chi connectivity index (χ1n) is 5.51. The van der Waals surface area contributed by atoms with Crippen molar-refractivity contribution in [3.8, 4) is 5.75 Å². The number of carbonyl (C=O) groups excluding carboxylic acids is 1. The number of hydrogen-bond acceptors (Lipinski definition) is 5. The molecule has 17 heavy (non-hydrogen) atoms. The Morgan fingerprint density at radius 2 is 2.29 bits per heavy atom. The minimum atomic E-state index is -0.381. The van der Waals surface area contributed by atoms with Crippen LogP contribution in [-0.2, 0) is 9.47 Å². The molecular formula is C12H15NO4. The molecular weight excluding hydrogens is 222 g/mol. The van der Waals surface area contributed by atoms with E-state index in [9.17, 15) is 4.79 Å². The predicted molar refractivity (Wildman–Crippen MR) is 62.0 cm³/mol. The summed E-state index contributed by atoms with van der Waals surface area (Å²) in [4.78, 5) is 11.7. The number of esters is 1. The van der Waals surface area contributed by atoms with E-state index >= 15 is 0 Å². The number of nitrogens with two attached hydrogens (primary N) is 1. The van der Waals surface area contributed by atoms with Crippen molar-refractivity contribution >= 4 is 11.7 Å². The maximum atomic E-state index is 11.7. The summed E-state index contributed by atoms with van der Waals surface area (Å²) in [5.41, 5.74) is 6.63. The maximum absolute atomic E-state index is 11.7. The van der Waals surface area contributed by atoms with Gasteiger partial charge in [0.25, 0.3) is 0 Å². The van der Waals surface area contributed by atoms with Crippen molar-refractivity contribution in [2.45, 2.75) is 13.0 Å². The summed E-state index contributed by atoms with van der Waals surface area (Å²) < 4.78 is 15.4. The second-order valence-electron chi connectivity index (χ2n) is 3.75. The zero-order valence-corrected chi connectivity index (χ0v) is 9.64. The fourth-order valence-electron chi connectivity index (χ4n) is 1.46. The Bertz CT molecular complexity index is 415. The van der Waals surface area contributed by atoms with E-state index in [0.29, 0.717) is 36.8 Å². The molecule has 2 N–H and O–H groups in total. The standard InChI is InChI=1S/C12H15NO4/c1-2-16-11-4-3-8(5-10(11)13)12(14)17-9-6-15-7-9/h3-5,9H,2,6-7,13H2,1H3. The monoisotopic (exact) mass is 237 g/mol. The van der Waals surface area contributed by atoms with Gasteiger partial charge in [-0.15, -0.1) is 0 Å². The molecule has 1 saturated heterocycles. The average molecular weight is 237 g/mol. The lowest BCUT2D eigenvalue weighted by Gasteiger charge is -2.25. The second-order valence-corrected chi connectivity index (χ2v) is 3.75. The molecule has 1 fully saturated rings. The van der Waals surface area contributed by atoms with E-state index in [2.05, 4.69) is 0 Å². The summed E-state index contributed by atoms with van der Waals surface area (Å²) in [6.45, 7) is 3.35. The number of hydrogen-bond donors (Lipinski definition) is 1. The van der Waals surface area contributed by atoms with Crippen molar-refractivity contribution in [3.63, 3.8) is 0 Å². The van der Waals surface area contributed by atoms with Gasteiger partial charge in [0.15, 0.2) is 0 Å². The normalized spacial score (nSPS) is 15.1. The van der Waals surface area contributed by atoms with Crippen LogP contribution in [0.25, 0.3) is 0 Å². The molecule has 1 aromatic rings. The number of benzene rings is 1. The number of nitrogen functional groups attached to an aromatic ring is 1. The Kier molecular flexibility index (Phi) is 3.49. The van der Waals surface area contributed by atoms with Crippen LogP contribution in [0.3, 0.4) is 0 Å². The van der Waals surface area contributed by atoms with Crippen molar-refractivity contribution in [2.24, 2.45) is 0 Å². The van der Waals surface area contributed by atoms with Crippen LogP contribution in [0.15, 0.2) is 18.2 Å². The van der Waals surface area contributed by atoms with Crippen LogP contribution in [0.4, 0.5) is 5.69 Å². The van der Waals surface area contributed by atoms with E-state index in [1.807, 2.05) is 6.92 Å². The van der Waals surface area contributed by atoms with Gasteiger partial charge in [-0.3, -0.25) is 0 Å². The summed E-state index contributed by atoms with van der Waals surface area (Å²) in [5.74, 6) is 0.198. The van der Waals surface area contributed by atoms with Gasteiger partial charge in [-0.05, 0) is 25.1 Å². The van der Waals surface area contributed by atoms with Crippen LogP contribution in [0.5, 0.6) is 5.75 Å². The van der Waals surface area contributed by atoms with Crippen LogP contribution < -0.4 is 10.5 Å². The lowest BCUT2D eigenvalue weighted by molar-refractivity contribution is -0.103. The molecule has 5 nitrogen and oxygen atoms in total. The van der Waals surface area contributed by atoms with E-state index in [1.54, 1.807) is 18.2 Å². The number of anilines is 1. The molecule has 0 aromatic heterocycles. The van der Waals surface area contributed by atoms with E-state index in [-0.39, 0.29) is 12.1 Å². The number of ether oxygens (including phenoxy) is 3. The molecule has 1 aliphatic heterocycles. The topological polar surface area (TPSA) is 70.8 Å². The molecule has 0 radical (unpaired) electrons. The molecule has 0 unspecified atom stereocenters. The van der Waals surface area contributed by atoms with Crippen LogP contribution >= 0.6 is 0 Å². The van der Waals surface area contributed by atoms with Crippen molar-refractivity contribution < 1.29 is 19.0 Å². The molecule has 0 aliphatic carbocycles. The summed E-state index contributed by atoms with van der Waals surface area (Å²) in [7, 11) is 0. The van der Waals surface area contributed by atoms with Gasteiger partial charge in [0, 0.05) is 0 Å². The molecule has 1 aromatic carbocycles. The van der Waals surface area contributed by atoms with E-state index in [0.717, 1.165) is 0 Å². The fraction of sp³-hybridized carbons (Fsp3) is 0.417. The molecule has 1 heterocycles.